The fourth-order valence-electron chi connectivity index (χ4n) is 4.22. The van der Waals surface area contributed by atoms with Crippen LogP contribution in [-0.2, 0) is 6.61 Å². The Kier molecular flexibility index (Phi) is 7.20. The van der Waals surface area contributed by atoms with Crippen LogP contribution in [-0.4, -0.2) is 21.3 Å². The Morgan fingerprint density at radius 1 is 0.974 bits per heavy atom. The van der Waals surface area contributed by atoms with Gasteiger partial charge in [-0.25, -0.2) is 5.43 Å². The second kappa shape index (κ2) is 10.9. The lowest BCUT2D eigenvalue weighted by Gasteiger charge is -2.10. The van der Waals surface area contributed by atoms with Crippen molar-refractivity contribution in [2.45, 2.75) is 27.4 Å². The fraction of sp³-hybridized carbons (Fsp3) is 0.133. The van der Waals surface area contributed by atoms with E-state index in [4.69, 9.17) is 20.8 Å². The molecule has 2 aromatic carbocycles. The lowest BCUT2D eigenvalue weighted by atomic mass is 10.2. The van der Waals surface area contributed by atoms with Gasteiger partial charge in [0, 0.05) is 34.0 Å². The highest BCUT2D eigenvalue weighted by molar-refractivity contribution is 6.31. The molecule has 0 saturated heterocycles. The van der Waals surface area contributed by atoms with Crippen molar-refractivity contribution in [3.8, 4) is 17.1 Å². The predicted octanol–water partition coefficient (Wildman–Crippen LogP) is 6.78. The maximum absolute atomic E-state index is 12.5. The van der Waals surface area contributed by atoms with Crippen LogP contribution in [0.1, 0.15) is 39.0 Å². The zero-order valence-corrected chi connectivity index (χ0v) is 22.1. The molecule has 7 nitrogen and oxygen atoms in total. The normalized spacial score (nSPS) is 11.3. The molecule has 3 aromatic heterocycles. The molecule has 0 aliphatic carbocycles. The third-order valence-electron chi connectivity index (χ3n) is 6.20. The van der Waals surface area contributed by atoms with Gasteiger partial charge in [-0.15, -0.1) is 0 Å². The van der Waals surface area contributed by atoms with Crippen molar-refractivity contribution in [2.24, 2.45) is 5.10 Å². The number of nitrogens with zero attached hydrogens (tertiary/aromatic N) is 3. The average Bonchev–Trinajstić information content (AvgIpc) is 3.65. The van der Waals surface area contributed by atoms with E-state index in [1.165, 1.54) is 11.4 Å². The number of hydrazone groups is 1. The van der Waals surface area contributed by atoms with Crippen LogP contribution in [0.25, 0.3) is 11.4 Å². The van der Waals surface area contributed by atoms with Crippen molar-refractivity contribution >= 4 is 23.7 Å². The van der Waals surface area contributed by atoms with E-state index in [1.54, 1.807) is 18.3 Å². The molecule has 1 N–H and O–H groups in total. The fourth-order valence-corrected chi connectivity index (χ4v) is 4.34. The SMILES string of the molecule is Cc1cc(-n2cccc2/C=N/NC(=O)c2ccc(COc3ccc(-n4c(C)ccc4C)cc3)o2)ccc1Cl. The number of furan rings is 1. The molecule has 0 aliphatic rings. The summed E-state index contributed by atoms with van der Waals surface area (Å²) in [5.41, 5.74) is 8.66. The van der Waals surface area contributed by atoms with Gasteiger partial charge in [0.2, 0.25) is 0 Å². The molecular weight excluding hydrogens is 500 g/mol. The third-order valence-corrected chi connectivity index (χ3v) is 6.62. The van der Waals surface area contributed by atoms with Crippen LogP contribution in [0.2, 0.25) is 5.02 Å². The molecule has 38 heavy (non-hydrogen) atoms. The van der Waals surface area contributed by atoms with Gasteiger partial charge in [0.15, 0.2) is 5.76 Å². The highest BCUT2D eigenvalue weighted by Crippen LogP contribution is 2.22. The minimum absolute atomic E-state index is 0.151. The maximum atomic E-state index is 12.5. The number of halogens is 1. The van der Waals surface area contributed by atoms with Crippen LogP contribution in [0.3, 0.4) is 0 Å². The quantitative estimate of drug-likeness (QED) is 0.179. The van der Waals surface area contributed by atoms with Gasteiger partial charge < -0.3 is 18.3 Å². The number of nitrogens with one attached hydrogen (secondary N) is 1. The molecule has 0 saturated carbocycles. The van der Waals surface area contributed by atoms with Gasteiger partial charge in [-0.2, -0.15) is 5.10 Å². The minimum Gasteiger partial charge on any atom is -0.486 e. The number of benzene rings is 2. The molecule has 8 heteroatoms. The van der Waals surface area contributed by atoms with Gasteiger partial charge in [-0.05, 0) is 105 Å². The monoisotopic (exact) mass is 526 g/mol. The molecule has 0 atom stereocenters. The number of aromatic nitrogens is 2. The van der Waals surface area contributed by atoms with E-state index in [1.807, 2.05) is 72.3 Å². The summed E-state index contributed by atoms with van der Waals surface area (Å²) in [4.78, 5) is 12.5. The smallest absolute Gasteiger partial charge is 0.307 e. The Hall–Kier alpha value is -4.49. The summed E-state index contributed by atoms with van der Waals surface area (Å²) < 4.78 is 15.6. The Labute approximate surface area is 225 Å². The van der Waals surface area contributed by atoms with E-state index in [0.717, 1.165) is 22.6 Å². The summed E-state index contributed by atoms with van der Waals surface area (Å²) in [6, 6.07) is 24.9. The van der Waals surface area contributed by atoms with E-state index in [2.05, 4.69) is 41.1 Å². The van der Waals surface area contributed by atoms with Crippen LogP contribution in [0.5, 0.6) is 5.75 Å². The summed E-state index contributed by atoms with van der Waals surface area (Å²) in [5, 5.41) is 4.81. The van der Waals surface area contributed by atoms with E-state index in [0.29, 0.717) is 16.5 Å². The standard InChI is InChI=1S/C30H27ClN4O3/c1-20-17-24(10-14-28(20)31)34-16-4-5-25(34)18-32-33-30(36)29-15-13-27(38-29)19-37-26-11-8-23(9-12-26)35-21(2)6-7-22(35)3/h4-18H,19H2,1-3H3,(H,33,36)/b32-18+. The van der Waals surface area contributed by atoms with E-state index >= 15 is 0 Å². The molecular formula is C30H27ClN4O3. The number of rotatable bonds is 8. The number of amides is 1. The molecule has 0 bridgehead atoms. The third kappa shape index (κ3) is 5.43. The Morgan fingerprint density at radius 3 is 2.45 bits per heavy atom. The number of hydrogen-bond donors (Lipinski definition) is 1. The van der Waals surface area contributed by atoms with Gasteiger partial charge in [-0.3, -0.25) is 4.79 Å². The van der Waals surface area contributed by atoms with Crippen LogP contribution in [0, 0.1) is 20.8 Å². The Bertz CT molecular complexity index is 1590. The van der Waals surface area contributed by atoms with E-state index in [9.17, 15) is 4.79 Å². The van der Waals surface area contributed by atoms with Crippen molar-refractivity contribution in [1.29, 1.82) is 0 Å². The molecule has 0 spiro atoms. The molecule has 0 fully saturated rings. The Balaban J connectivity index is 1.17. The molecule has 5 rings (SSSR count). The van der Waals surface area contributed by atoms with Crippen molar-refractivity contribution in [3.05, 3.63) is 124 Å². The van der Waals surface area contributed by atoms with Crippen molar-refractivity contribution in [3.63, 3.8) is 0 Å². The largest absolute Gasteiger partial charge is 0.486 e. The molecule has 0 radical (unpaired) electrons. The summed E-state index contributed by atoms with van der Waals surface area (Å²) in [6.07, 6.45) is 3.50. The number of carbonyl (C=O) groups excluding carboxylic acids is 1. The topological polar surface area (TPSA) is 73.7 Å². The van der Waals surface area contributed by atoms with Crippen molar-refractivity contribution in [1.82, 2.24) is 14.6 Å². The number of ether oxygens (including phenoxy) is 1. The van der Waals surface area contributed by atoms with Gasteiger partial charge in [0.25, 0.3) is 0 Å². The number of hydrogen-bond acceptors (Lipinski definition) is 4. The van der Waals surface area contributed by atoms with E-state index in [-0.39, 0.29) is 12.4 Å². The summed E-state index contributed by atoms with van der Waals surface area (Å²) in [5.74, 6) is 0.947. The first-order chi connectivity index (χ1) is 18.4. The second-order valence-electron chi connectivity index (χ2n) is 8.94. The average molecular weight is 527 g/mol. The first-order valence-electron chi connectivity index (χ1n) is 12.1. The van der Waals surface area contributed by atoms with Crippen LogP contribution < -0.4 is 10.2 Å². The molecule has 1 amide bonds. The second-order valence-corrected chi connectivity index (χ2v) is 9.34. The highest BCUT2D eigenvalue weighted by Gasteiger charge is 2.12. The van der Waals surface area contributed by atoms with Gasteiger partial charge in [-0.1, -0.05) is 11.6 Å². The van der Waals surface area contributed by atoms with Crippen LogP contribution in [0.15, 0.2) is 94.6 Å². The summed E-state index contributed by atoms with van der Waals surface area (Å²) in [6.45, 7) is 6.31. The Morgan fingerprint density at radius 2 is 1.71 bits per heavy atom. The minimum atomic E-state index is -0.449. The zero-order chi connectivity index (χ0) is 26.6. The first kappa shape index (κ1) is 25.2. The van der Waals surface area contributed by atoms with Crippen LogP contribution >= 0.6 is 11.6 Å². The highest BCUT2D eigenvalue weighted by atomic mass is 35.5. The summed E-state index contributed by atoms with van der Waals surface area (Å²) >= 11 is 6.14. The zero-order valence-electron chi connectivity index (χ0n) is 21.3. The molecule has 192 valence electrons. The molecule has 5 aromatic rings. The first-order valence-corrected chi connectivity index (χ1v) is 12.5. The number of aryl methyl sites for hydroxylation is 3. The molecule has 0 aliphatic heterocycles. The van der Waals surface area contributed by atoms with Crippen molar-refractivity contribution in [2.75, 3.05) is 0 Å². The predicted molar refractivity (Wildman–Crippen MR) is 149 cm³/mol. The lowest BCUT2D eigenvalue weighted by molar-refractivity contribution is 0.0923. The van der Waals surface area contributed by atoms with E-state index < -0.39 is 5.91 Å². The van der Waals surface area contributed by atoms with Crippen molar-refractivity contribution < 1.29 is 13.9 Å². The lowest BCUT2D eigenvalue weighted by Crippen LogP contribution is -2.17. The molecule has 0 unspecified atom stereocenters. The van der Waals surface area contributed by atoms with Gasteiger partial charge >= 0.3 is 5.91 Å². The van der Waals surface area contributed by atoms with Crippen LogP contribution in [0.4, 0.5) is 0 Å². The summed E-state index contributed by atoms with van der Waals surface area (Å²) in [7, 11) is 0. The van der Waals surface area contributed by atoms with Gasteiger partial charge in [0.05, 0.1) is 11.9 Å². The molecule has 3 heterocycles. The van der Waals surface area contributed by atoms with Gasteiger partial charge in [0.1, 0.15) is 18.1 Å². The maximum Gasteiger partial charge on any atom is 0.307 e. The number of carbonyl (C=O) groups is 1.